The smallest absolute Gasteiger partial charge is 0.193 e. The molecule has 0 bridgehead atoms. The summed E-state index contributed by atoms with van der Waals surface area (Å²) >= 11 is 0. The van der Waals surface area contributed by atoms with Crippen LogP contribution in [-0.4, -0.2) is 19.1 Å². The van der Waals surface area contributed by atoms with E-state index in [1.165, 1.54) is 5.56 Å². The van der Waals surface area contributed by atoms with Crippen molar-refractivity contribution in [1.29, 1.82) is 0 Å². The maximum absolute atomic E-state index is 5.83. The number of hydrogen-bond donors (Lipinski definition) is 2. The van der Waals surface area contributed by atoms with Crippen LogP contribution in [0.5, 0.6) is 0 Å². The molecule has 0 radical (unpaired) electrons. The van der Waals surface area contributed by atoms with Gasteiger partial charge in [-0.2, -0.15) is 0 Å². The Morgan fingerprint density at radius 1 is 0.955 bits per heavy atom. The second-order valence-electron chi connectivity index (χ2n) is 5.00. The van der Waals surface area contributed by atoms with E-state index in [1.54, 1.807) is 0 Å². The molecule has 0 fully saturated rings. The molecule has 0 atom stereocenters. The van der Waals surface area contributed by atoms with E-state index < -0.39 is 0 Å². The van der Waals surface area contributed by atoms with Crippen molar-refractivity contribution in [2.75, 3.05) is 18.5 Å². The van der Waals surface area contributed by atoms with Crippen LogP contribution in [0.1, 0.15) is 18.4 Å². The number of aliphatic imine (C=N–C) groups is 1. The molecular weight excluding hydrogens is 274 g/mol. The SMILES string of the molecule is NC(=NCCCCOCc1ccccc1)Nc1ccccc1. The van der Waals surface area contributed by atoms with Crippen LogP contribution in [-0.2, 0) is 11.3 Å². The van der Waals surface area contributed by atoms with Gasteiger partial charge in [0.2, 0.25) is 0 Å². The Labute approximate surface area is 132 Å². The summed E-state index contributed by atoms with van der Waals surface area (Å²) in [7, 11) is 0. The zero-order chi connectivity index (χ0) is 15.5. The van der Waals surface area contributed by atoms with Crippen molar-refractivity contribution in [3.8, 4) is 0 Å². The van der Waals surface area contributed by atoms with Crippen LogP contribution < -0.4 is 11.1 Å². The first-order valence-corrected chi connectivity index (χ1v) is 7.58. The van der Waals surface area contributed by atoms with Gasteiger partial charge in [0.05, 0.1) is 6.61 Å². The Kier molecular flexibility index (Phi) is 6.99. The molecular formula is C18H23N3O. The monoisotopic (exact) mass is 297 g/mol. The van der Waals surface area contributed by atoms with Gasteiger partial charge in [-0.3, -0.25) is 4.99 Å². The number of nitrogens with one attached hydrogen (secondary N) is 1. The van der Waals surface area contributed by atoms with Gasteiger partial charge in [0.1, 0.15) is 0 Å². The molecule has 0 heterocycles. The van der Waals surface area contributed by atoms with Crippen molar-refractivity contribution in [3.63, 3.8) is 0 Å². The number of para-hydroxylation sites is 1. The van der Waals surface area contributed by atoms with Crippen molar-refractivity contribution in [3.05, 3.63) is 66.2 Å². The van der Waals surface area contributed by atoms with E-state index in [4.69, 9.17) is 10.5 Å². The number of unbranched alkanes of at least 4 members (excludes halogenated alkanes) is 1. The van der Waals surface area contributed by atoms with Gasteiger partial charge in [-0.25, -0.2) is 0 Å². The van der Waals surface area contributed by atoms with Crippen molar-refractivity contribution in [1.82, 2.24) is 0 Å². The number of hydrogen-bond acceptors (Lipinski definition) is 2. The summed E-state index contributed by atoms with van der Waals surface area (Å²) in [4.78, 5) is 4.30. The van der Waals surface area contributed by atoms with Crippen LogP contribution >= 0.6 is 0 Å². The molecule has 0 aliphatic carbocycles. The third kappa shape index (κ3) is 6.41. The number of nitrogens with zero attached hydrogens (tertiary/aromatic N) is 1. The summed E-state index contributed by atoms with van der Waals surface area (Å²) in [5.74, 6) is 0.455. The Morgan fingerprint density at radius 2 is 1.64 bits per heavy atom. The van der Waals surface area contributed by atoms with Gasteiger partial charge in [0.25, 0.3) is 0 Å². The molecule has 0 aliphatic rings. The third-order valence-corrected chi connectivity index (χ3v) is 3.14. The highest BCUT2D eigenvalue weighted by atomic mass is 16.5. The fourth-order valence-electron chi connectivity index (χ4n) is 1.99. The maximum atomic E-state index is 5.83. The summed E-state index contributed by atoms with van der Waals surface area (Å²) in [6, 6.07) is 20.0. The minimum Gasteiger partial charge on any atom is -0.377 e. The highest BCUT2D eigenvalue weighted by molar-refractivity contribution is 5.92. The van der Waals surface area contributed by atoms with Crippen LogP contribution in [0.25, 0.3) is 0 Å². The number of benzene rings is 2. The van der Waals surface area contributed by atoms with Crippen LogP contribution in [0.15, 0.2) is 65.7 Å². The minimum absolute atomic E-state index is 0.455. The van der Waals surface area contributed by atoms with Gasteiger partial charge in [0.15, 0.2) is 5.96 Å². The number of nitrogens with two attached hydrogens (primary N) is 1. The zero-order valence-corrected chi connectivity index (χ0v) is 12.7. The first-order valence-electron chi connectivity index (χ1n) is 7.58. The maximum Gasteiger partial charge on any atom is 0.193 e. The molecule has 0 amide bonds. The van der Waals surface area contributed by atoms with Crippen molar-refractivity contribution in [2.24, 2.45) is 10.7 Å². The largest absolute Gasteiger partial charge is 0.377 e. The number of anilines is 1. The van der Waals surface area contributed by atoms with Crippen LogP contribution in [0.4, 0.5) is 5.69 Å². The van der Waals surface area contributed by atoms with Gasteiger partial charge in [-0.05, 0) is 30.5 Å². The summed E-state index contributed by atoms with van der Waals surface area (Å²) in [5, 5.41) is 3.06. The second kappa shape index (κ2) is 9.58. The molecule has 4 nitrogen and oxygen atoms in total. The average molecular weight is 297 g/mol. The van der Waals surface area contributed by atoms with Gasteiger partial charge in [0, 0.05) is 18.8 Å². The zero-order valence-electron chi connectivity index (χ0n) is 12.7. The highest BCUT2D eigenvalue weighted by Gasteiger charge is 1.95. The molecule has 2 aromatic carbocycles. The summed E-state index contributed by atoms with van der Waals surface area (Å²) in [5.41, 5.74) is 7.99. The van der Waals surface area contributed by atoms with Crippen LogP contribution in [0.3, 0.4) is 0 Å². The lowest BCUT2D eigenvalue weighted by Crippen LogP contribution is -2.22. The predicted molar refractivity (Wildman–Crippen MR) is 91.9 cm³/mol. The Morgan fingerprint density at radius 3 is 2.36 bits per heavy atom. The minimum atomic E-state index is 0.455. The molecule has 0 aliphatic heterocycles. The quantitative estimate of drug-likeness (QED) is 0.446. The lowest BCUT2D eigenvalue weighted by Gasteiger charge is -2.05. The molecule has 0 saturated carbocycles. The van der Waals surface area contributed by atoms with E-state index in [0.29, 0.717) is 19.1 Å². The van der Waals surface area contributed by atoms with E-state index in [2.05, 4.69) is 22.4 Å². The molecule has 116 valence electrons. The van der Waals surface area contributed by atoms with E-state index >= 15 is 0 Å². The predicted octanol–water partition coefficient (Wildman–Crippen LogP) is 3.41. The number of ether oxygens (including phenoxy) is 1. The van der Waals surface area contributed by atoms with E-state index in [9.17, 15) is 0 Å². The van der Waals surface area contributed by atoms with Gasteiger partial charge >= 0.3 is 0 Å². The first kappa shape index (κ1) is 16.0. The van der Waals surface area contributed by atoms with Crippen LogP contribution in [0, 0.1) is 0 Å². The summed E-state index contributed by atoms with van der Waals surface area (Å²) < 4.78 is 5.63. The molecule has 0 spiro atoms. The lowest BCUT2D eigenvalue weighted by atomic mass is 10.2. The molecule has 3 N–H and O–H groups in total. The average Bonchev–Trinajstić information content (AvgIpc) is 2.56. The highest BCUT2D eigenvalue weighted by Crippen LogP contribution is 2.04. The third-order valence-electron chi connectivity index (χ3n) is 3.14. The van der Waals surface area contributed by atoms with Gasteiger partial charge in [-0.15, -0.1) is 0 Å². The molecule has 0 aromatic heterocycles. The first-order chi connectivity index (χ1) is 10.8. The second-order valence-corrected chi connectivity index (χ2v) is 5.00. The van der Waals surface area contributed by atoms with Crippen molar-refractivity contribution in [2.45, 2.75) is 19.4 Å². The fourth-order valence-corrected chi connectivity index (χ4v) is 1.99. The normalized spacial score (nSPS) is 11.4. The fraction of sp³-hybridized carbons (Fsp3) is 0.278. The molecule has 2 rings (SSSR count). The Balaban J connectivity index is 1.54. The van der Waals surface area contributed by atoms with E-state index in [1.807, 2.05) is 48.5 Å². The Bertz CT molecular complexity index is 555. The molecule has 4 heteroatoms. The van der Waals surface area contributed by atoms with Gasteiger partial charge in [-0.1, -0.05) is 48.5 Å². The molecule has 0 unspecified atom stereocenters. The van der Waals surface area contributed by atoms with Crippen molar-refractivity contribution < 1.29 is 4.74 Å². The topological polar surface area (TPSA) is 59.6 Å². The van der Waals surface area contributed by atoms with Crippen LogP contribution in [0.2, 0.25) is 0 Å². The lowest BCUT2D eigenvalue weighted by molar-refractivity contribution is 0.117. The van der Waals surface area contributed by atoms with E-state index in [-0.39, 0.29) is 0 Å². The van der Waals surface area contributed by atoms with E-state index in [0.717, 1.165) is 25.1 Å². The van der Waals surface area contributed by atoms with Crippen molar-refractivity contribution >= 4 is 11.6 Å². The standard InChI is InChI=1S/C18H23N3O/c19-18(21-17-11-5-2-6-12-17)20-13-7-8-14-22-15-16-9-3-1-4-10-16/h1-6,9-12H,7-8,13-15H2,(H3,19,20,21). The number of rotatable bonds is 8. The molecule has 0 saturated heterocycles. The molecule has 22 heavy (non-hydrogen) atoms. The number of guanidine groups is 1. The Hall–Kier alpha value is -2.33. The summed E-state index contributed by atoms with van der Waals surface area (Å²) in [6.07, 6.45) is 1.95. The van der Waals surface area contributed by atoms with Gasteiger partial charge < -0.3 is 15.8 Å². The molecule has 2 aromatic rings. The summed E-state index contributed by atoms with van der Waals surface area (Å²) in [6.45, 7) is 2.12.